The van der Waals surface area contributed by atoms with Crippen LogP contribution in [-0.2, 0) is 19.1 Å². The molecule has 94 valence electrons. The fraction of sp³-hybridized carbons (Fsp3) is 0.600. The van der Waals surface area contributed by atoms with Crippen LogP contribution in [0.25, 0.3) is 0 Å². The Balaban J connectivity index is 2.64. The van der Waals surface area contributed by atoms with Gasteiger partial charge in [0.25, 0.3) is 0 Å². The first-order valence-electron chi connectivity index (χ1n) is 5.27. The van der Waals surface area contributed by atoms with Crippen LogP contribution >= 0.6 is 0 Å². The first-order valence-corrected chi connectivity index (χ1v) is 5.27. The summed E-state index contributed by atoms with van der Waals surface area (Å²) >= 11 is 0. The Morgan fingerprint density at radius 1 is 1.29 bits per heavy atom. The van der Waals surface area contributed by atoms with E-state index in [0.29, 0.717) is 0 Å². The zero-order valence-corrected chi connectivity index (χ0v) is 9.61. The maximum Gasteiger partial charge on any atom is 0.328 e. The number of ether oxygens (including phenoxy) is 1. The maximum atomic E-state index is 11.5. The molecule has 2 N–H and O–H groups in total. The van der Waals surface area contributed by atoms with Gasteiger partial charge in [0.1, 0.15) is 5.92 Å². The Morgan fingerprint density at radius 2 is 1.82 bits per heavy atom. The van der Waals surface area contributed by atoms with Crippen molar-refractivity contribution in [1.29, 1.82) is 0 Å². The summed E-state index contributed by atoms with van der Waals surface area (Å²) in [6, 6.07) is -0.834. The molecule has 1 atom stereocenters. The van der Waals surface area contributed by atoms with Crippen molar-refractivity contribution in [3.63, 3.8) is 0 Å². The average molecular weight is 242 g/mol. The van der Waals surface area contributed by atoms with Crippen LogP contribution < -0.4 is 10.6 Å². The second-order valence-corrected chi connectivity index (χ2v) is 3.77. The van der Waals surface area contributed by atoms with E-state index in [9.17, 15) is 19.2 Å². The molecule has 0 spiro atoms. The SMILES string of the molecule is CCOC(=O)CC(C)C1C(=O)NC(=O)NC1=O. The minimum absolute atomic E-state index is 0.0481. The Morgan fingerprint density at radius 3 is 2.29 bits per heavy atom. The third-order valence-corrected chi connectivity index (χ3v) is 2.40. The maximum absolute atomic E-state index is 11.5. The highest BCUT2D eigenvalue weighted by Crippen LogP contribution is 2.18. The van der Waals surface area contributed by atoms with Gasteiger partial charge in [-0.2, -0.15) is 0 Å². The monoisotopic (exact) mass is 242 g/mol. The van der Waals surface area contributed by atoms with Crippen molar-refractivity contribution in [1.82, 2.24) is 10.6 Å². The summed E-state index contributed by atoms with van der Waals surface area (Å²) in [5.74, 6) is -3.41. The second-order valence-electron chi connectivity index (χ2n) is 3.77. The third-order valence-electron chi connectivity index (χ3n) is 2.40. The smallest absolute Gasteiger partial charge is 0.328 e. The normalized spacial score (nSPS) is 18.4. The third kappa shape index (κ3) is 3.27. The molecule has 7 heteroatoms. The molecule has 1 aliphatic rings. The summed E-state index contributed by atoms with van der Waals surface area (Å²) in [5, 5.41) is 3.97. The molecule has 7 nitrogen and oxygen atoms in total. The first kappa shape index (κ1) is 13.1. The lowest BCUT2D eigenvalue weighted by Gasteiger charge is -2.24. The largest absolute Gasteiger partial charge is 0.466 e. The molecule has 1 heterocycles. The summed E-state index contributed by atoms with van der Waals surface area (Å²) < 4.78 is 4.73. The van der Waals surface area contributed by atoms with Gasteiger partial charge in [0, 0.05) is 6.42 Å². The fourth-order valence-corrected chi connectivity index (χ4v) is 1.65. The summed E-state index contributed by atoms with van der Waals surface area (Å²) in [6.45, 7) is 3.49. The molecule has 0 aromatic rings. The van der Waals surface area contributed by atoms with Gasteiger partial charge in [-0.15, -0.1) is 0 Å². The Labute approximate surface area is 97.9 Å². The van der Waals surface area contributed by atoms with Gasteiger partial charge in [-0.3, -0.25) is 25.0 Å². The first-order chi connectivity index (χ1) is 7.95. The standard InChI is InChI=1S/C10H14N2O5/c1-3-17-6(13)4-5(2)7-8(14)11-10(16)12-9(7)15/h5,7H,3-4H2,1-2H3,(H2,11,12,14,15,16). The molecule has 0 radical (unpaired) electrons. The van der Waals surface area contributed by atoms with Crippen molar-refractivity contribution in [3.05, 3.63) is 0 Å². The Hall–Kier alpha value is -1.92. The van der Waals surface area contributed by atoms with Crippen LogP contribution in [0.15, 0.2) is 0 Å². The van der Waals surface area contributed by atoms with E-state index in [2.05, 4.69) is 0 Å². The van der Waals surface area contributed by atoms with E-state index < -0.39 is 35.7 Å². The highest BCUT2D eigenvalue weighted by molar-refractivity contribution is 6.16. The van der Waals surface area contributed by atoms with Crippen LogP contribution in [-0.4, -0.2) is 30.4 Å². The average Bonchev–Trinajstić information content (AvgIpc) is 2.15. The van der Waals surface area contributed by atoms with Crippen LogP contribution in [0.4, 0.5) is 4.79 Å². The zero-order valence-electron chi connectivity index (χ0n) is 9.61. The molecule has 4 amide bonds. The van der Waals surface area contributed by atoms with Gasteiger partial charge >= 0.3 is 12.0 Å². The predicted octanol–water partition coefficient (Wildman–Crippen LogP) is -0.442. The molecule has 1 fully saturated rings. The van der Waals surface area contributed by atoms with Crippen LogP contribution in [0.2, 0.25) is 0 Å². The molecule has 0 aromatic carbocycles. The number of barbiturate groups is 1. The van der Waals surface area contributed by atoms with Crippen molar-refractivity contribution in [2.45, 2.75) is 20.3 Å². The number of urea groups is 1. The lowest BCUT2D eigenvalue weighted by molar-refractivity contribution is -0.145. The molecular weight excluding hydrogens is 228 g/mol. The van der Waals surface area contributed by atoms with Crippen molar-refractivity contribution in [2.75, 3.05) is 6.61 Å². The van der Waals surface area contributed by atoms with Gasteiger partial charge in [-0.25, -0.2) is 4.79 Å². The van der Waals surface area contributed by atoms with Crippen molar-refractivity contribution >= 4 is 23.8 Å². The van der Waals surface area contributed by atoms with Gasteiger partial charge in [-0.05, 0) is 12.8 Å². The van der Waals surface area contributed by atoms with E-state index in [0.717, 1.165) is 0 Å². The Kier molecular flexibility index (Phi) is 4.19. The van der Waals surface area contributed by atoms with E-state index in [-0.39, 0.29) is 13.0 Å². The van der Waals surface area contributed by atoms with Crippen LogP contribution in [0.5, 0.6) is 0 Å². The molecule has 1 saturated heterocycles. The molecule has 1 rings (SSSR count). The van der Waals surface area contributed by atoms with E-state index in [1.54, 1.807) is 13.8 Å². The topological polar surface area (TPSA) is 102 Å². The number of hydrogen-bond donors (Lipinski definition) is 2. The number of imide groups is 2. The number of amides is 4. The lowest BCUT2D eigenvalue weighted by atomic mass is 9.88. The van der Waals surface area contributed by atoms with E-state index >= 15 is 0 Å². The fourth-order valence-electron chi connectivity index (χ4n) is 1.65. The predicted molar refractivity (Wildman–Crippen MR) is 55.6 cm³/mol. The van der Waals surface area contributed by atoms with Crippen molar-refractivity contribution in [3.8, 4) is 0 Å². The minimum Gasteiger partial charge on any atom is -0.466 e. The number of rotatable bonds is 4. The van der Waals surface area contributed by atoms with Gasteiger partial charge in [0.2, 0.25) is 11.8 Å². The molecule has 1 unspecified atom stereocenters. The number of carbonyl (C=O) groups is 4. The van der Waals surface area contributed by atoms with Gasteiger partial charge in [0.15, 0.2) is 0 Å². The van der Waals surface area contributed by atoms with E-state index in [4.69, 9.17) is 4.74 Å². The van der Waals surface area contributed by atoms with Gasteiger partial charge < -0.3 is 4.74 Å². The van der Waals surface area contributed by atoms with Gasteiger partial charge in [-0.1, -0.05) is 6.92 Å². The molecule has 1 aliphatic heterocycles. The van der Waals surface area contributed by atoms with Crippen LogP contribution in [0.1, 0.15) is 20.3 Å². The number of esters is 1. The lowest BCUT2D eigenvalue weighted by Crippen LogP contribution is -2.57. The van der Waals surface area contributed by atoms with Crippen molar-refractivity contribution < 1.29 is 23.9 Å². The van der Waals surface area contributed by atoms with Crippen LogP contribution in [0, 0.1) is 11.8 Å². The highest BCUT2D eigenvalue weighted by Gasteiger charge is 2.38. The Bertz CT molecular complexity index is 346. The number of carbonyl (C=O) groups excluding carboxylic acids is 4. The number of nitrogens with one attached hydrogen (secondary N) is 2. The molecular formula is C10H14N2O5. The number of hydrogen-bond acceptors (Lipinski definition) is 5. The molecule has 17 heavy (non-hydrogen) atoms. The van der Waals surface area contributed by atoms with E-state index in [1.807, 2.05) is 10.6 Å². The summed E-state index contributed by atoms with van der Waals surface area (Å²) in [6.07, 6.45) is -0.0481. The summed E-state index contributed by atoms with van der Waals surface area (Å²) in [7, 11) is 0. The minimum atomic E-state index is -1.04. The van der Waals surface area contributed by atoms with Gasteiger partial charge in [0.05, 0.1) is 6.61 Å². The van der Waals surface area contributed by atoms with E-state index in [1.165, 1.54) is 0 Å². The quantitative estimate of drug-likeness (QED) is 0.514. The second kappa shape index (κ2) is 5.42. The highest BCUT2D eigenvalue weighted by atomic mass is 16.5. The van der Waals surface area contributed by atoms with Crippen molar-refractivity contribution in [2.24, 2.45) is 11.8 Å². The summed E-state index contributed by atoms with van der Waals surface area (Å²) in [4.78, 5) is 44.9. The van der Waals surface area contributed by atoms with Crippen LogP contribution in [0.3, 0.4) is 0 Å². The summed E-state index contributed by atoms with van der Waals surface area (Å²) in [5.41, 5.74) is 0. The molecule has 0 aromatic heterocycles. The zero-order chi connectivity index (χ0) is 13.0. The molecule has 0 saturated carbocycles. The molecule has 0 bridgehead atoms. The molecule has 0 aliphatic carbocycles.